The van der Waals surface area contributed by atoms with E-state index in [1.54, 1.807) is 24.3 Å². The summed E-state index contributed by atoms with van der Waals surface area (Å²) in [5, 5.41) is 3.16. The van der Waals surface area contributed by atoms with Crippen molar-refractivity contribution in [1.29, 1.82) is 0 Å². The van der Waals surface area contributed by atoms with Gasteiger partial charge in [-0.1, -0.05) is 12.8 Å². The van der Waals surface area contributed by atoms with Crippen LogP contribution in [0.1, 0.15) is 26.2 Å². The molecule has 1 aliphatic carbocycles. The molecule has 0 heterocycles. The van der Waals surface area contributed by atoms with Crippen molar-refractivity contribution in [2.45, 2.75) is 43.2 Å². The quantitative estimate of drug-likeness (QED) is 0.782. The predicted molar refractivity (Wildman–Crippen MR) is 76.3 cm³/mol. The van der Waals surface area contributed by atoms with Crippen molar-refractivity contribution in [2.24, 2.45) is 0 Å². The summed E-state index contributed by atoms with van der Waals surface area (Å²) in [6.45, 7) is 2.00. The van der Waals surface area contributed by atoms with E-state index in [1.807, 2.05) is 6.92 Å². The molecule has 1 atom stereocenters. The van der Waals surface area contributed by atoms with Gasteiger partial charge in [-0.05, 0) is 43.5 Å². The minimum atomic E-state index is -3.37. The van der Waals surface area contributed by atoms with Crippen molar-refractivity contribution in [3.63, 3.8) is 0 Å². The fourth-order valence-corrected chi connectivity index (χ4v) is 2.99. The van der Waals surface area contributed by atoms with Gasteiger partial charge in [0, 0.05) is 11.7 Å². The average Bonchev–Trinajstić information content (AvgIpc) is 3.19. The molecule has 2 rings (SSSR count). The SMILES string of the molecule is C#CC(CC)Nc1ccc(S(=O)(=O)NC2CC2)cc1. The second kappa shape index (κ2) is 5.64. The summed E-state index contributed by atoms with van der Waals surface area (Å²) in [6.07, 6.45) is 8.05. The van der Waals surface area contributed by atoms with Gasteiger partial charge in [-0.3, -0.25) is 0 Å². The van der Waals surface area contributed by atoms with E-state index in [0.29, 0.717) is 4.90 Å². The second-order valence-electron chi connectivity index (χ2n) is 4.69. The number of terminal acetylenes is 1. The number of hydrogen-bond donors (Lipinski definition) is 2. The van der Waals surface area contributed by atoms with Crippen molar-refractivity contribution in [3.05, 3.63) is 24.3 Å². The Bertz CT molecular complexity index is 568. The fraction of sp³-hybridized carbons (Fsp3) is 0.429. The van der Waals surface area contributed by atoms with Crippen LogP contribution in [-0.4, -0.2) is 20.5 Å². The molecular weight excluding hydrogens is 260 g/mol. The molecule has 1 aromatic carbocycles. The van der Waals surface area contributed by atoms with E-state index in [2.05, 4.69) is 16.0 Å². The molecule has 1 aliphatic rings. The summed E-state index contributed by atoms with van der Waals surface area (Å²) in [5.74, 6) is 2.64. The summed E-state index contributed by atoms with van der Waals surface area (Å²) in [4.78, 5) is 0.290. The lowest BCUT2D eigenvalue weighted by Gasteiger charge is -2.12. The highest BCUT2D eigenvalue weighted by molar-refractivity contribution is 7.89. The largest absolute Gasteiger partial charge is 0.372 e. The third-order valence-electron chi connectivity index (χ3n) is 3.01. The van der Waals surface area contributed by atoms with Crippen LogP contribution in [0.3, 0.4) is 0 Å². The first-order chi connectivity index (χ1) is 9.05. The molecular formula is C14H18N2O2S. The lowest BCUT2D eigenvalue weighted by Crippen LogP contribution is -2.25. The van der Waals surface area contributed by atoms with E-state index in [0.717, 1.165) is 24.9 Å². The first kappa shape index (κ1) is 13.9. The van der Waals surface area contributed by atoms with Gasteiger partial charge >= 0.3 is 0 Å². The van der Waals surface area contributed by atoms with Gasteiger partial charge < -0.3 is 5.32 Å². The number of anilines is 1. The first-order valence-corrected chi connectivity index (χ1v) is 7.88. The maximum atomic E-state index is 12.0. The Morgan fingerprint density at radius 2 is 2.00 bits per heavy atom. The summed E-state index contributed by atoms with van der Waals surface area (Å²) < 4.78 is 26.6. The van der Waals surface area contributed by atoms with Crippen LogP contribution in [0.5, 0.6) is 0 Å². The van der Waals surface area contributed by atoms with Crippen molar-refractivity contribution >= 4 is 15.7 Å². The maximum absolute atomic E-state index is 12.0. The second-order valence-corrected chi connectivity index (χ2v) is 6.41. The third-order valence-corrected chi connectivity index (χ3v) is 4.55. The van der Waals surface area contributed by atoms with Gasteiger partial charge in [-0.15, -0.1) is 6.42 Å². The molecule has 4 nitrogen and oxygen atoms in total. The van der Waals surface area contributed by atoms with Crippen molar-refractivity contribution in [2.75, 3.05) is 5.32 Å². The fourth-order valence-electron chi connectivity index (χ4n) is 1.68. The lowest BCUT2D eigenvalue weighted by atomic mass is 10.2. The summed E-state index contributed by atoms with van der Waals surface area (Å²) in [6, 6.07) is 6.75. The lowest BCUT2D eigenvalue weighted by molar-refractivity contribution is 0.581. The summed E-state index contributed by atoms with van der Waals surface area (Å²) >= 11 is 0. The Morgan fingerprint density at radius 3 is 2.47 bits per heavy atom. The van der Waals surface area contributed by atoms with Crippen LogP contribution in [-0.2, 0) is 10.0 Å². The Kier molecular flexibility index (Phi) is 4.13. The molecule has 0 aliphatic heterocycles. The molecule has 2 N–H and O–H groups in total. The van der Waals surface area contributed by atoms with Crippen LogP contribution in [0, 0.1) is 12.3 Å². The van der Waals surface area contributed by atoms with Crippen LogP contribution >= 0.6 is 0 Å². The van der Waals surface area contributed by atoms with Crippen LogP contribution in [0.4, 0.5) is 5.69 Å². The molecule has 0 spiro atoms. The van der Waals surface area contributed by atoms with Crippen LogP contribution in [0.25, 0.3) is 0 Å². The van der Waals surface area contributed by atoms with Crippen LogP contribution in [0.15, 0.2) is 29.2 Å². The topological polar surface area (TPSA) is 58.2 Å². The molecule has 1 fully saturated rings. The zero-order valence-corrected chi connectivity index (χ0v) is 11.7. The third kappa shape index (κ3) is 3.72. The molecule has 1 aromatic rings. The Morgan fingerprint density at radius 1 is 1.37 bits per heavy atom. The number of hydrogen-bond acceptors (Lipinski definition) is 3. The maximum Gasteiger partial charge on any atom is 0.240 e. The Balaban J connectivity index is 2.07. The monoisotopic (exact) mass is 278 g/mol. The summed E-state index contributed by atoms with van der Waals surface area (Å²) in [7, 11) is -3.37. The minimum Gasteiger partial charge on any atom is -0.372 e. The molecule has 0 aromatic heterocycles. The van der Waals surface area contributed by atoms with E-state index in [1.165, 1.54) is 0 Å². The van der Waals surface area contributed by atoms with Crippen molar-refractivity contribution in [3.8, 4) is 12.3 Å². The number of benzene rings is 1. The standard InChI is InChI=1S/C14H18N2O2S/c1-3-11(4-2)15-12-7-9-14(10-8-12)19(17,18)16-13-5-6-13/h1,7-11,13,15-16H,4-6H2,2H3. The van der Waals surface area contributed by atoms with E-state index >= 15 is 0 Å². The molecule has 102 valence electrons. The number of sulfonamides is 1. The highest BCUT2D eigenvalue weighted by Gasteiger charge is 2.27. The zero-order valence-electron chi connectivity index (χ0n) is 10.9. The highest BCUT2D eigenvalue weighted by atomic mass is 32.2. The van der Waals surface area contributed by atoms with Gasteiger partial charge in [0.05, 0.1) is 10.9 Å². The van der Waals surface area contributed by atoms with Crippen LogP contribution in [0.2, 0.25) is 0 Å². The van der Waals surface area contributed by atoms with Gasteiger partial charge in [-0.2, -0.15) is 0 Å². The number of rotatable bonds is 6. The van der Waals surface area contributed by atoms with Crippen molar-refractivity contribution in [1.82, 2.24) is 4.72 Å². The molecule has 1 saturated carbocycles. The number of nitrogens with one attached hydrogen (secondary N) is 2. The smallest absolute Gasteiger partial charge is 0.240 e. The summed E-state index contributed by atoms with van der Waals surface area (Å²) in [5.41, 5.74) is 0.829. The van der Waals surface area contributed by atoms with E-state index in [9.17, 15) is 8.42 Å². The van der Waals surface area contributed by atoms with Gasteiger partial charge in [0.25, 0.3) is 0 Å². The van der Waals surface area contributed by atoms with Gasteiger partial charge in [0.1, 0.15) is 0 Å². The highest BCUT2D eigenvalue weighted by Crippen LogP contribution is 2.22. The molecule has 0 amide bonds. The molecule has 0 saturated heterocycles. The van der Waals surface area contributed by atoms with Gasteiger partial charge in [0.2, 0.25) is 10.0 Å². The molecule has 0 bridgehead atoms. The van der Waals surface area contributed by atoms with Crippen LogP contribution < -0.4 is 10.0 Å². The van der Waals surface area contributed by atoms with E-state index < -0.39 is 10.0 Å². The zero-order chi connectivity index (χ0) is 13.9. The Hall–Kier alpha value is -1.51. The molecule has 19 heavy (non-hydrogen) atoms. The van der Waals surface area contributed by atoms with E-state index in [-0.39, 0.29) is 12.1 Å². The average molecular weight is 278 g/mol. The minimum absolute atomic E-state index is 0.0351. The molecule has 5 heteroatoms. The molecule has 1 unspecified atom stereocenters. The van der Waals surface area contributed by atoms with E-state index in [4.69, 9.17) is 6.42 Å². The molecule has 0 radical (unpaired) electrons. The Labute approximate surface area is 114 Å². The predicted octanol–water partition coefficient (Wildman–Crippen LogP) is 1.95. The van der Waals surface area contributed by atoms with Crippen molar-refractivity contribution < 1.29 is 8.42 Å². The van der Waals surface area contributed by atoms with Gasteiger partial charge in [-0.25, -0.2) is 13.1 Å². The normalized spacial score (nSPS) is 16.6. The van der Waals surface area contributed by atoms with Gasteiger partial charge in [0.15, 0.2) is 0 Å². The first-order valence-electron chi connectivity index (χ1n) is 6.40.